The molecule has 0 bridgehead atoms. The molecule has 0 radical (unpaired) electrons. The maximum Gasteiger partial charge on any atom is 0.341 e. The summed E-state index contributed by atoms with van der Waals surface area (Å²) in [6, 6.07) is 5.76. The van der Waals surface area contributed by atoms with Crippen LogP contribution < -0.4 is 4.74 Å². The fraction of sp³-hybridized carbons (Fsp3) is 0.0769. The third kappa shape index (κ3) is 2.56. The summed E-state index contributed by atoms with van der Waals surface area (Å²) in [4.78, 5) is 25.1. The van der Waals surface area contributed by atoms with Gasteiger partial charge in [0.15, 0.2) is 0 Å². The molecule has 1 aromatic carbocycles. The van der Waals surface area contributed by atoms with E-state index in [0.717, 1.165) is 6.20 Å². The average molecular weight is 274 g/mol. The molecule has 0 amide bonds. The van der Waals surface area contributed by atoms with Gasteiger partial charge in [-0.1, -0.05) is 6.07 Å². The van der Waals surface area contributed by atoms with Crippen LogP contribution in [-0.2, 0) is 0 Å². The lowest BCUT2D eigenvalue weighted by Gasteiger charge is -2.10. The van der Waals surface area contributed by atoms with E-state index in [0.29, 0.717) is 5.56 Å². The lowest BCUT2D eigenvalue weighted by molar-refractivity contribution is -0.385. The molecule has 0 saturated carbocycles. The summed E-state index contributed by atoms with van der Waals surface area (Å²) in [6.45, 7) is 1.54. The number of carbonyl (C=O) groups is 1. The van der Waals surface area contributed by atoms with E-state index in [-0.39, 0.29) is 22.7 Å². The van der Waals surface area contributed by atoms with Gasteiger partial charge in [-0.05, 0) is 13.0 Å². The van der Waals surface area contributed by atoms with Crippen LogP contribution >= 0.6 is 0 Å². The van der Waals surface area contributed by atoms with Crippen LogP contribution in [0.5, 0.6) is 11.5 Å². The van der Waals surface area contributed by atoms with Crippen molar-refractivity contribution in [1.29, 1.82) is 0 Å². The number of nitrogens with zero attached hydrogens (tertiary/aromatic N) is 2. The molecule has 0 aliphatic carbocycles. The summed E-state index contributed by atoms with van der Waals surface area (Å²) in [5.74, 6) is -0.875. The lowest BCUT2D eigenvalue weighted by atomic mass is 10.2. The minimum absolute atomic E-state index is 0.0797. The van der Waals surface area contributed by atoms with Crippen LogP contribution in [0.1, 0.15) is 15.9 Å². The highest BCUT2D eigenvalue weighted by atomic mass is 16.6. The number of hydrogen-bond acceptors (Lipinski definition) is 5. The van der Waals surface area contributed by atoms with Gasteiger partial charge in [0.05, 0.1) is 10.5 Å². The van der Waals surface area contributed by atoms with Crippen molar-refractivity contribution in [3.05, 3.63) is 57.9 Å². The summed E-state index contributed by atoms with van der Waals surface area (Å²) in [7, 11) is 0. The first-order valence-corrected chi connectivity index (χ1v) is 5.60. The summed E-state index contributed by atoms with van der Waals surface area (Å²) >= 11 is 0. The third-order valence-corrected chi connectivity index (χ3v) is 2.68. The molecule has 7 heteroatoms. The number of nitro benzene ring substituents is 1. The van der Waals surface area contributed by atoms with Gasteiger partial charge in [-0.2, -0.15) is 0 Å². The summed E-state index contributed by atoms with van der Waals surface area (Å²) in [5.41, 5.74) is 0.123. The van der Waals surface area contributed by atoms with Gasteiger partial charge in [0.1, 0.15) is 17.1 Å². The molecule has 0 aliphatic rings. The Kier molecular flexibility index (Phi) is 3.60. The van der Waals surface area contributed by atoms with Crippen molar-refractivity contribution in [2.45, 2.75) is 6.92 Å². The van der Waals surface area contributed by atoms with E-state index >= 15 is 0 Å². The Morgan fingerprint density at radius 2 is 2.10 bits per heavy atom. The number of hydrogen-bond donors (Lipinski definition) is 1. The molecule has 7 nitrogen and oxygen atoms in total. The van der Waals surface area contributed by atoms with E-state index in [1.165, 1.54) is 37.4 Å². The number of rotatable bonds is 4. The SMILES string of the molecule is Cc1c(Oc2ccncc2C(=O)O)cccc1[N+](=O)[O-]. The highest BCUT2D eigenvalue weighted by Gasteiger charge is 2.17. The quantitative estimate of drug-likeness (QED) is 0.679. The Labute approximate surface area is 113 Å². The topological polar surface area (TPSA) is 103 Å². The molecule has 1 aromatic heterocycles. The Balaban J connectivity index is 2.43. The van der Waals surface area contributed by atoms with Crippen LogP contribution in [0.4, 0.5) is 5.69 Å². The van der Waals surface area contributed by atoms with E-state index in [2.05, 4.69) is 4.98 Å². The van der Waals surface area contributed by atoms with Crippen LogP contribution in [0.2, 0.25) is 0 Å². The van der Waals surface area contributed by atoms with Crippen molar-refractivity contribution in [2.75, 3.05) is 0 Å². The van der Waals surface area contributed by atoms with Crippen LogP contribution in [0.25, 0.3) is 0 Å². The fourth-order valence-electron chi connectivity index (χ4n) is 1.66. The highest BCUT2D eigenvalue weighted by Crippen LogP contribution is 2.32. The highest BCUT2D eigenvalue weighted by molar-refractivity contribution is 5.90. The molecule has 2 rings (SSSR count). The van der Waals surface area contributed by atoms with E-state index < -0.39 is 10.9 Å². The molecular formula is C13H10N2O5. The van der Waals surface area contributed by atoms with Crippen molar-refractivity contribution in [3.63, 3.8) is 0 Å². The second-order valence-electron chi connectivity index (χ2n) is 3.94. The van der Waals surface area contributed by atoms with Gasteiger partial charge >= 0.3 is 5.97 Å². The van der Waals surface area contributed by atoms with Gasteiger partial charge in [-0.3, -0.25) is 15.1 Å². The summed E-state index contributed by atoms with van der Waals surface area (Å²) in [6.07, 6.45) is 2.54. The molecule has 20 heavy (non-hydrogen) atoms. The van der Waals surface area contributed by atoms with Crippen LogP contribution in [0, 0.1) is 17.0 Å². The van der Waals surface area contributed by atoms with Gasteiger partial charge in [-0.25, -0.2) is 4.79 Å². The molecule has 0 unspecified atom stereocenters. The van der Waals surface area contributed by atoms with Crippen LogP contribution in [0.15, 0.2) is 36.7 Å². The first-order valence-electron chi connectivity index (χ1n) is 5.60. The molecule has 0 fully saturated rings. The smallest absolute Gasteiger partial charge is 0.341 e. The molecule has 0 spiro atoms. The fourth-order valence-corrected chi connectivity index (χ4v) is 1.66. The predicted molar refractivity (Wildman–Crippen MR) is 69.1 cm³/mol. The predicted octanol–water partition coefficient (Wildman–Crippen LogP) is 2.79. The number of pyridine rings is 1. The van der Waals surface area contributed by atoms with Crippen molar-refractivity contribution in [1.82, 2.24) is 4.98 Å². The monoisotopic (exact) mass is 274 g/mol. The van der Waals surface area contributed by atoms with E-state index in [1.807, 2.05) is 0 Å². The van der Waals surface area contributed by atoms with Crippen LogP contribution in [0.3, 0.4) is 0 Å². The van der Waals surface area contributed by atoms with Gasteiger partial charge in [-0.15, -0.1) is 0 Å². The third-order valence-electron chi connectivity index (χ3n) is 2.68. The van der Waals surface area contributed by atoms with E-state index in [4.69, 9.17) is 9.84 Å². The van der Waals surface area contributed by atoms with Crippen molar-refractivity contribution in [2.24, 2.45) is 0 Å². The number of aromatic nitrogens is 1. The number of carboxylic acids is 1. The Hall–Kier alpha value is -2.96. The Morgan fingerprint density at radius 1 is 1.35 bits per heavy atom. The number of ether oxygens (including phenoxy) is 1. The zero-order valence-electron chi connectivity index (χ0n) is 10.4. The Bertz CT molecular complexity index is 684. The molecule has 0 atom stereocenters. The minimum Gasteiger partial charge on any atom is -0.477 e. The standard InChI is InChI=1S/C13H10N2O5/c1-8-10(15(18)19)3-2-4-11(8)20-12-5-6-14-7-9(12)13(16)17/h2-7H,1H3,(H,16,17). The second-order valence-corrected chi connectivity index (χ2v) is 3.94. The van der Waals surface area contributed by atoms with Gasteiger partial charge in [0.25, 0.3) is 5.69 Å². The first-order chi connectivity index (χ1) is 9.50. The van der Waals surface area contributed by atoms with Crippen molar-refractivity contribution < 1.29 is 19.6 Å². The van der Waals surface area contributed by atoms with Gasteiger partial charge in [0, 0.05) is 24.5 Å². The van der Waals surface area contributed by atoms with Crippen LogP contribution in [-0.4, -0.2) is 21.0 Å². The molecule has 0 aliphatic heterocycles. The average Bonchev–Trinajstić information content (AvgIpc) is 2.41. The number of carboxylic acid groups (broad SMARTS) is 1. The zero-order valence-corrected chi connectivity index (χ0v) is 10.4. The molecule has 2 aromatic rings. The number of benzene rings is 1. The van der Waals surface area contributed by atoms with Gasteiger partial charge in [0.2, 0.25) is 0 Å². The summed E-state index contributed by atoms with van der Waals surface area (Å²) < 4.78 is 5.47. The van der Waals surface area contributed by atoms with Crippen molar-refractivity contribution in [3.8, 4) is 11.5 Å². The molecule has 1 N–H and O–H groups in total. The second kappa shape index (κ2) is 5.35. The zero-order chi connectivity index (χ0) is 14.7. The molecule has 102 valence electrons. The minimum atomic E-state index is -1.18. The number of aromatic carboxylic acids is 1. The maximum atomic E-state index is 11.0. The lowest BCUT2D eigenvalue weighted by Crippen LogP contribution is -2.01. The summed E-state index contributed by atoms with van der Waals surface area (Å²) in [5, 5.41) is 19.9. The molecule has 0 saturated heterocycles. The normalized spacial score (nSPS) is 10.1. The first kappa shape index (κ1) is 13.5. The molecular weight excluding hydrogens is 264 g/mol. The van der Waals surface area contributed by atoms with Crippen molar-refractivity contribution >= 4 is 11.7 Å². The van der Waals surface area contributed by atoms with Gasteiger partial charge < -0.3 is 9.84 Å². The Morgan fingerprint density at radius 3 is 2.75 bits per heavy atom. The molecule has 1 heterocycles. The number of nitro groups is 1. The van der Waals surface area contributed by atoms with E-state index in [1.54, 1.807) is 0 Å². The largest absolute Gasteiger partial charge is 0.477 e. The maximum absolute atomic E-state index is 11.0. The van der Waals surface area contributed by atoms with E-state index in [9.17, 15) is 14.9 Å².